The van der Waals surface area contributed by atoms with Crippen LogP contribution in [0.3, 0.4) is 0 Å². The molecule has 1 fully saturated rings. The molecule has 0 radical (unpaired) electrons. The molecule has 8 heteroatoms. The first-order valence-corrected chi connectivity index (χ1v) is 13.6. The standard InChI is InChI=1S/C30H36N4O4/c1-22-26(27(32-38-22)24-11-8-16-31-21-24)28(35)34-17-14-30(15-18-34)13-7-3-4-9-23-10-5-6-12-25(23)37-20-19-33(2)29(30)36/h5-6,8,10-12,16,21H,3-4,7,9,13-15,17-20H2,1-2H3. The molecular weight excluding hydrogens is 480 g/mol. The number of hydrogen-bond donors (Lipinski definition) is 0. The minimum Gasteiger partial charge on any atom is -0.491 e. The smallest absolute Gasteiger partial charge is 0.259 e. The maximum Gasteiger partial charge on any atom is 0.259 e. The molecule has 200 valence electrons. The monoisotopic (exact) mass is 516 g/mol. The van der Waals surface area contributed by atoms with Gasteiger partial charge in [0.05, 0.1) is 12.0 Å². The third-order valence-corrected chi connectivity index (χ3v) is 8.08. The van der Waals surface area contributed by atoms with Gasteiger partial charge in [0.1, 0.15) is 29.4 Å². The van der Waals surface area contributed by atoms with Gasteiger partial charge in [-0.15, -0.1) is 0 Å². The van der Waals surface area contributed by atoms with Crippen molar-refractivity contribution in [2.24, 2.45) is 5.41 Å². The number of fused-ring (bicyclic) bond motifs is 1. The van der Waals surface area contributed by atoms with E-state index in [2.05, 4.69) is 22.3 Å². The number of likely N-dealkylation sites (tertiary alicyclic amines) is 1. The molecule has 0 N–H and O–H groups in total. The highest BCUT2D eigenvalue weighted by molar-refractivity contribution is 6.01. The van der Waals surface area contributed by atoms with Crippen molar-refractivity contribution in [3.63, 3.8) is 0 Å². The van der Waals surface area contributed by atoms with Crippen LogP contribution in [0.1, 0.15) is 60.2 Å². The van der Waals surface area contributed by atoms with Crippen molar-refractivity contribution in [2.45, 2.75) is 51.9 Å². The largest absolute Gasteiger partial charge is 0.491 e. The van der Waals surface area contributed by atoms with Crippen molar-refractivity contribution in [2.75, 3.05) is 33.3 Å². The van der Waals surface area contributed by atoms with Gasteiger partial charge in [0.2, 0.25) is 5.91 Å². The van der Waals surface area contributed by atoms with Crippen molar-refractivity contribution in [3.05, 3.63) is 65.7 Å². The summed E-state index contributed by atoms with van der Waals surface area (Å²) in [6.07, 6.45) is 9.60. The lowest BCUT2D eigenvalue weighted by atomic mass is 9.73. The third kappa shape index (κ3) is 5.30. The first-order valence-electron chi connectivity index (χ1n) is 13.6. The summed E-state index contributed by atoms with van der Waals surface area (Å²) >= 11 is 0. The number of rotatable bonds is 2. The maximum absolute atomic E-state index is 13.8. The Labute approximate surface area is 224 Å². The van der Waals surface area contributed by atoms with E-state index in [1.54, 1.807) is 19.3 Å². The first kappa shape index (κ1) is 25.9. The third-order valence-electron chi connectivity index (χ3n) is 8.08. The second kappa shape index (κ2) is 11.4. The van der Waals surface area contributed by atoms with Crippen LogP contribution in [0.25, 0.3) is 11.3 Å². The van der Waals surface area contributed by atoms with Crippen molar-refractivity contribution in [1.82, 2.24) is 19.9 Å². The molecule has 3 aromatic rings. The van der Waals surface area contributed by atoms with Crippen molar-refractivity contribution in [3.8, 4) is 17.0 Å². The van der Waals surface area contributed by atoms with Crippen LogP contribution in [-0.4, -0.2) is 65.0 Å². The van der Waals surface area contributed by atoms with Gasteiger partial charge < -0.3 is 19.1 Å². The minimum absolute atomic E-state index is 0.103. The number of carbonyl (C=O) groups is 2. The molecular formula is C30H36N4O4. The van der Waals surface area contributed by atoms with Crippen LogP contribution in [0.5, 0.6) is 5.75 Å². The molecule has 5 rings (SSSR count). The van der Waals surface area contributed by atoms with E-state index >= 15 is 0 Å². The molecule has 1 spiro atoms. The number of piperidine rings is 1. The molecule has 0 unspecified atom stereocenters. The Morgan fingerprint density at radius 3 is 2.61 bits per heavy atom. The predicted molar refractivity (Wildman–Crippen MR) is 144 cm³/mol. The number of hydrogen-bond acceptors (Lipinski definition) is 6. The summed E-state index contributed by atoms with van der Waals surface area (Å²) in [5.74, 6) is 1.48. The molecule has 4 heterocycles. The Hall–Kier alpha value is -3.68. The molecule has 0 aliphatic carbocycles. The van der Waals surface area contributed by atoms with E-state index in [0.29, 0.717) is 56.1 Å². The second-order valence-electron chi connectivity index (χ2n) is 10.5. The molecule has 2 aliphatic rings. The topological polar surface area (TPSA) is 88.8 Å². The van der Waals surface area contributed by atoms with Crippen molar-refractivity contribution >= 4 is 11.8 Å². The highest BCUT2D eigenvalue weighted by Gasteiger charge is 2.43. The van der Waals surface area contributed by atoms with E-state index in [1.807, 2.05) is 41.1 Å². The van der Waals surface area contributed by atoms with Crippen LogP contribution < -0.4 is 4.74 Å². The van der Waals surface area contributed by atoms with E-state index in [1.165, 1.54) is 5.56 Å². The Balaban J connectivity index is 1.30. The van der Waals surface area contributed by atoms with Crippen LogP contribution in [-0.2, 0) is 11.2 Å². The number of benzene rings is 1. The highest BCUT2D eigenvalue weighted by atomic mass is 16.5. The fourth-order valence-corrected chi connectivity index (χ4v) is 5.80. The number of carbonyl (C=O) groups excluding carboxylic acids is 2. The Morgan fingerprint density at radius 1 is 1.00 bits per heavy atom. The summed E-state index contributed by atoms with van der Waals surface area (Å²) in [7, 11) is 1.87. The van der Waals surface area contributed by atoms with Gasteiger partial charge >= 0.3 is 0 Å². The number of nitrogens with zero attached hydrogens (tertiary/aromatic N) is 4. The van der Waals surface area contributed by atoms with Crippen LogP contribution in [0.15, 0.2) is 53.3 Å². The minimum atomic E-state index is -0.456. The Morgan fingerprint density at radius 2 is 1.82 bits per heavy atom. The van der Waals surface area contributed by atoms with E-state index in [4.69, 9.17) is 9.26 Å². The summed E-state index contributed by atoms with van der Waals surface area (Å²) in [4.78, 5) is 35.3. The Kier molecular flexibility index (Phi) is 7.77. The number of amides is 2. The van der Waals surface area contributed by atoms with Crippen LogP contribution in [0, 0.1) is 12.3 Å². The number of aryl methyl sites for hydroxylation is 2. The lowest BCUT2D eigenvalue weighted by Crippen LogP contribution is -2.51. The van der Waals surface area contributed by atoms with E-state index in [9.17, 15) is 9.59 Å². The van der Waals surface area contributed by atoms with Gasteiger partial charge in [0.15, 0.2) is 0 Å². The second-order valence-corrected chi connectivity index (χ2v) is 10.5. The predicted octanol–water partition coefficient (Wildman–Crippen LogP) is 4.92. The number of likely N-dealkylation sites (N-methyl/N-ethyl adjacent to an activating group) is 1. The lowest BCUT2D eigenvalue weighted by Gasteiger charge is -2.42. The zero-order valence-corrected chi connectivity index (χ0v) is 22.3. The Bertz CT molecular complexity index is 1260. The van der Waals surface area contributed by atoms with Gasteiger partial charge in [0.25, 0.3) is 5.91 Å². The maximum atomic E-state index is 13.8. The van der Waals surface area contributed by atoms with Gasteiger partial charge in [-0.05, 0) is 62.8 Å². The average molecular weight is 517 g/mol. The fourth-order valence-electron chi connectivity index (χ4n) is 5.80. The van der Waals surface area contributed by atoms with Crippen LogP contribution in [0.2, 0.25) is 0 Å². The summed E-state index contributed by atoms with van der Waals surface area (Å²) in [6.45, 7) is 3.81. The van der Waals surface area contributed by atoms with Crippen LogP contribution in [0.4, 0.5) is 0 Å². The molecule has 1 aromatic carbocycles. The molecule has 0 saturated carbocycles. The fraction of sp³-hybridized carbons (Fsp3) is 0.467. The first-order chi connectivity index (χ1) is 18.5. The van der Waals surface area contributed by atoms with E-state index in [-0.39, 0.29) is 11.8 Å². The number of aromatic nitrogens is 2. The molecule has 2 aromatic heterocycles. The van der Waals surface area contributed by atoms with E-state index in [0.717, 1.165) is 43.4 Å². The van der Waals surface area contributed by atoms with Gasteiger partial charge in [-0.25, -0.2) is 0 Å². The van der Waals surface area contributed by atoms with E-state index < -0.39 is 5.41 Å². The molecule has 2 aliphatic heterocycles. The molecule has 0 bridgehead atoms. The summed E-state index contributed by atoms with van der Waals surface area (Å²) in [5.41, 5.74) is 2.51. The van der Waals surface area contributed by atoms with Gasteiger partial charge in [0, 0.05) is 38.1 Å². The quantitative estimate of drug-likeness (QED) is 0.480. The van der Waals surface area contributed by atoms with Gasteiger partial charge in [-0.3, -0.25) is 14.6 Å². The number of para-hydroxylation sites is 1. The molecule has 2 amide bonds. The van der Waals surface area contributed by atoms with Gasteiger partial charge in [-0.2, -0.15) is 0 Å². The normalized spacial score (nSPS) is 18.6. The van der Waals surface area contributed by atoms with Gasteiger partial charge in [-0.1, -0.05) is 36.2 Å². The summed E-state index contributed by atoms with van der Waals surface area (Å²) in [6, 6.07) is 11.9. The number of pyridine rings is 1. The highest BCUT2D eigenvalue weighted by Crippen LogP contribution is 2.40. The average Bonchev–Trinajstić information content (AvgIpc) is 3.34. The zero-order valence-electron chi connectivity index (χ0n) is 22.3. The lowest BCUT2D eigenvalue weighted by molar-refractivity contribution is -0.144. The molecule has 8 nitrogen and oxygen atoms in total. The summed E-state index contributed by atoms with van der Waals surface area (Å²) in [5, 5.41) is 4.15. The molecule has 0 atom stereocenters. The SMILES string of the molecule is Cc1onc(-c2cccnc2)c1C(=O)N1CCC2(CCCCCc3ccccc3OCCN(C)C2=O)CC1. The van der Waals surface area contributed by atoms with Crippen molar-refractivity contribution in [1.29, 1.82) is 0 Å². The van der Waals surface area contributed by atoms with Crippen molar-refractivity contribution < 1.29 is 18.8 Å². The number of ether oxygens (including phenoxy) is 1. The van der Waals surface area contributed by atoms with Crippen LogP contribution >= 0.6 is 0 Å². The zero-order chi connectivity index (χ0) is 26.5. The molecule has 38 heavy (non-hydrogen) atoms. The molecule has 1 saturated heterocycles. The summed E-state index contributed by atoms with van der Waals surface area (Å²) < 4.78 is 11.5.